The molecule has 0 aromatic heterocycles. The Morgan fingerprint density at radius 1 is 0.306 bits per heavy atom. The lowest BCUT2D eigenvalue weighted by Gasteiger charge is -2.05. The van der Waals surface area contributed by atoms with Gasteiger partial charge in [0, 0.05) is 0 Å². The number of rotatable bonds is 32. The third-order valence-corrected chi connectivity index (χ3v) is 8.23. The van der Waals surface area contributed by atoms with Crippen LogP contribution in [0.5, 0.6) is 0 Å². The highest BCUT2D eigenvalue weighted by Gasteiger charge is 1.98. The van der Waals surface area contributed by atoms with Crippen LogP contribution in [0, 0.1) is 0 Å². The van der Waals surface area contributed by atoms with Crippen LogP contribution in [0.4, 0.5) is 0 Å². The second kappa shape index (κ2) is 33.0. The third kappa shape index (κ3) is 34.0. The zero-order chi connectivity index (χ0) is 26.2. The zero-order valence-corrected chi connectivity index (χ0v) is 25.7. The van der Waals surface area contributed by atoms with E-state index in [0.29, 0.717) is 0 Å². The molecule has 0 fully saturated rings. The Hall–Kier alpha value is -0.0400. The van der Waals surface area contributed by atoms with E-state index in [9.17, 15) is 5.11 Å². The van der Waals surface area contributed by atoms with E-state index < -0.39 is 0 Å². The van der Waals surface area contributed by atoms with Gasteiger partial charge in [0.2, 0.25) is 0 Å². The topological polar surface area (TPSA) is 20.2 Å². The molecule has 0 spiro atoms. The summed E-state index contributed by atoms with van der Waals surface area (Å²) >= 11 is 0. The maximum Gasteiger partial charge on any atom is 0.0512 e. The van der Waals surface area contributed by atoms with Crippen molar-refractivity contribution in [3.05, 3.63) is 0 Å². The van der Waals surface area contributed by atoms with Crippen LogP contribution in [-0.4, -0.2) is 11.2 Å². The van der Waals surface area contributed by atoms with Crippen LogP contribution in [0.1, 0.15) is 219 Å². The summed E-state index contributed by atoms with van der Waals surface area (Å²) in [5, 5.41) is 9.26. The van der Waals surface area contributed by atoms with Crippen LogP contribution in [0.2, 0.25) is 0 Å². The summed E-state index contributed by atoms with van der Waals surface area (Å²) < 4.78 is 0. The van der Waals surface area contributed by atoms with Gasteiger partial charge in [-0.2, -0.15) is 0 Å². The monoisotopic (exact) mass is 509 g/mol. The molecule has 0 saturated carbocycles. The zero-order valence-electron chi connectivity index (χ0n) is 25.7. The quantitative estimate of drug-likeness (QED) is 0.0895. The number of aliphatic hydroxyl groups excluding tert-OH is 1. The summed E-state index contributed by atoms with van der Waals surface area (Å²) in [6.07, 6.45) is 45.9. The largest absolute Gasteiger partial charge is 0.393 e. The molecule has 0 aromatic carbocycles. The van der Waals surface area contributed by atoms with Crippen molar-refractivity contribution in [3.8, 4) is 0 Å². The van der Waals surface area contributed by atoms with E-state index in [1.165, 1.54) is 199 Å². The van der Waals surface area contributed by atoms with E-state index >= 15 is 0 Å². The van der Waals surface area contributed by atoms with E-state index in [1.807, 2.05) is 6.92 Å². The summed E-state index contributed by atoms with van der Waals surface area (Å²) in [6, 6.07) is 0. The summed E-state index contributed by atoms with van der Waals surface area (Å²) in [4.78, 5) is 0. The van der Waals surface area contributed by atoms with Gasteiger partial charge in [0.15, 0.2) is 0 Å². The van der Waals surface area contributed by atoms with Crippen LogP contribution >= 0.6 is 0 Å². The first kappa shape index (κ1) is 36.0. The molecular weight excluding hydrogens is 436 g/mol. The molecule has 0 aliphatic carbocycles. The average molecular weight is 509 g/mol. The Bertz CT molecular complexity index is 364. The van der Waals surface area contributed by atoms with Crippen LogP contribution in [0.15, 0.2) is 0 Å². The molecule has 1 N–H and O–H groups in total. The first-order valence-corrected chi connectivity index (χ1v) is 17.5. The highest BCUT2D eigenvalue weighted by Crippen LogP contribution is 2.16. The predicted molar refractivity (Wildman–Crippen MR) is 165 cm³/mol. The molecule has 0 aliphatic heterocycles. The molecule has 0 aliphatic rings. The van der Waals surface area contributed by atoms with Gasteiger partial charge in [-0.15, -0.1) is 0 Å². The summed E-state index contributed by atoms with van der Waals surface area (Å²) in [5.74, 6) is 0. The van der Waals surface area contributed by atoms with Gasteiger partial charge in [0.25, 0.3) is 0 Å². The van der Waals surface area contributed by atoms with Gasteiger partial charge >= 0.3 is 0 Å². The number of hydrogen-bond acceptors (Lipinski definition) is 1. The molecule has 218 valence electrons. The molecule has 0 amide bonds. The molecular formula is C35H72O. The van der Waals surface area contributed by atoms with Crippen LogP contribution in [-0.2, 0) is 0 Å². The molecule has 0 radical (unpaired) electrons. The van der Waals surface area contributed by atoms with Crippen molar-refractivity contribution in [2.24, 2.45) is 0 Å². The average Bonchev–Trinajstić information content (AvgIpc) is 2.87. The van der Waals surface area contributed by atoms with E-state index in [1.54, 1.807) is 0 Å². The highest BCUT2D eigenvalue weighted by molar-refractivity contribution is 4.53. The van der Waals surface area contributed by atoms with Crippen molar-refractivity contribution in [2.75, 3.05) is 0 Å². The number of unbranched alkanes of at least 4 members (excludes halogenated alkanes) is 30. The van der Waals surface area contributed by atoms with Crippen molar-refractivity contribution in [3.63, 3.8) is 0 Å². The summed E-state index contributed by atoms with van der Waals surface area (Å²) in [7, 11) is 0. The van der Waals surface area contributed by atoms with Crippen molar-refractivity contribution in [1.82, 2.24) is 0 Å². The molecule has 0 heterocycles. The Morgan fingerprint density at radius 3 is 0.639 bits per heavy atom. The smallest absolute Gasteiger partial charge is 0.0512 e. The lowest BCUT2D eigenvalue weighted by Crippen LogP contribution is -1.98. The number of aliphatic hydroxyl groups is 1. The van der Waals surface area contributed by atoms with Crippen molar-refractivity contribution in [2.45, 2.75) is 225 Å². The molecule has 0 rings (SSSR count). The molecule has 1 heteroatoms. The third-order valence-electron chi connectivity index (χ3n) is 8.23. The van der Waals surface area contributed by atoms with E-state index in [-0.39, 0.29) is 6.10 Å². The summed E-state index contributed by atoms with van der Waals surface area (Å²) in [5.41, 5.74) is 0. The molecule has 0 aromatic rings. The summed E-state index contributed by atoms with van der Waals surface area (Å²) in [6.45, 7) is 4.21. The molecule has 1 atom stereocenters. The van der Waals surface area contributed by atoms with Gasteiger partial charge in [0.05, 0.1) is 6.10 Å². The fourth-order valence-electron chi connectivity index (χ4n) is 5.64. The van der Waals surface area contributed by atoms with Gasteiger partial charge in [0.1, 0.15) is 0 Å². The molecule has 0 saturated heterocycles. The fourth-order valence-corrected chi connectivity index (χ4v) is 5.64. The first-order valence-electron chi connectivity index (χ1n) is 17.5. The normalized spacial score (nSPS) is 12.4. The SMILES string of the molecule is CCCCCCCCCCCCCCCCCCCCCCCCCCCCCCCCCC(C)O. The minimum absolute atomic E-state index is 0.103. The van der Waals surface area contributed by atoms with Crippen LogP contribution in [0.3, 0.4) is 0 Å². The van der Waals surface area contributed by atoms with Gasteiger partial charge in [-0.25, -0.2) is 0 Å². The lowest BCUT2D eigenvalue weighted by molar-refractivity contribution is 0.180. The Morgan fingerprint density at radius 2 is 0.472 bits per heavy atom. The second-order valence-electron chi connectivity index (χ2n) is 12.2. The standard InChI is InChI=1S/C35H72O/c1-3-4-5-6-7-8-9-10-11-12-13-14-15-16-17-18-19-20-21-22-23-24-25-26-27-28-29-30-31-32-33-34-35(2)36/h35-36H,3-34H2,1-2H3. The maximum absolute atomic E-state index is 9.26. The molecule has 1 nitrogen and oxygen atoms in total. The highest BCUT2D eigenvalue weighted by atomic mass is 16.3. The van der Waals surface area contributed by atoms with Gasteiger partial charge in [-0.3, -0.25) is 0 Å². The fraction of sp³-hybridized carbons (Fsp3) is 1.00. The van der Waals surface area contributed by atoms with Gasteiger partial charge in [-0.1, -0.05) is 206 Å². The Balaban J connectivity index is 3.01. The molecule has 36 heavy (non-hydrogen) atoms. The Labute approximate surface area is 230 Å². The Kier molecular flexibility index (Phi) is 33.0. The van der Waals surface area contributed by atoms with Crippen molar-refractivity contribution in [1.29, 1.82) is 0 Å². The van der Waals surface area contributed by atoms with Gasteiger partial charge < -0.3 is 5.11 Å². The minimum Gasteiger partial charge on any atom is -0.393 e. The maximum atomic E-state index is 9.26. The number of hydrogen-bond donors (Lipinski definition) is 1. The van der Waals surface area contributed by atoms with Crippen molar-refractivity contribution < 1.29 is 5.11 Å². The predicted octanol–water partition coefficient (Wildman–Crippen LogP) is 12.9. The van der Waals surface area contributed by atoms with E-state index in [4.69, 9.17) is 0 Å². The molecule has 0 bridgehead atoms. The van der Waals surface area contributed by atoms with Crippen molar-refractivity contribution >= 4 is 0 Å². The van der Waals surface area contributed by atoms with Gasteiger partial charge in [-0.05, 0) is 13.3 Å². The first-order chi connectivity index (χ1) is 17.8. The van der Waals surface area contributed by atoms with Crippen LogP contribution < -0.4 is 0 Å². The second-order valence-corrected chi connectivity index (χ2v) is 12.2. The van der Waals surface area contributed by atoms with E-state index in [0.717, 1.165) is 6.42 Å². The molecule has 1 unspecified atom stereocenters. The van der Waals surface area contributed by atoms with E-state index in [2.05, 4.69) is 6.92 Å². The minimum atomic E-state index is -0.103. The van der Waals surface area contributed by atoms with Crippen LogP contribution in [0.25, 0.3) is 0 Å². The lowest BCUT2D eigenvalue weighted by atomic mass is 10.0.